The molecule has 1 unspecified atom stereocenters. The topological polar surface area (TPSA) is 109 Å². The van der Waals surface area contributed by atoms with Crippen molar-refractivity contribution in [2.45, 2.75) is 50.1 Å². The Morgan fingerprint density at radius 2 is 1.88 bits per heavy atom. The molecule has 0 saturated heterocycles. The molecule has 1 aliphatic heterocycles. The predicted molar refractivity (Wildman–Crippen MR) is 136 cm³/mol. The number of nitrogens with zero attached hydrogens (tertiary/aromatic N) is 3. The van der Waals surface area contributed by atoms with Crippen molar-refractivity contribution in [3.8, 4) is 0 Å². The van der Waals surface area contributed by atoms with Gasteiger partial charge in [0.2, 0.25) is 0 Å². The molecular weight excluding hydrogens is 434 g/mol. The van der Waals surface area contributed by atoms with Crippen LogP contribution in [0.25, 0.3) is 21.9 Å². The van der Waals surface area contributed by atoms with Crippen molar-refractivity contribution in [2.24, 2.45) is 0 Å². The molecule has 0 saturated carbocycles. The van der Waals surface area contributed by atoms with E-state index in [1.807, 2.05) is 42.5 Å². The fourth-order valence-corrected chi connectivity index (χ4v) is 6.58. The van der Waals surface area contributed by atoms with Gasteiger partial charge in [-0.2, -0.15) is 10.6 Å². The molecule has 33 heavy (non-hydrogen) atoms. The van der Waals surface area contributed by atoms with Gasteiger partial charge in [-0.25, -0.2) is 9.97 Å². The molecule has 0 radical (unpaired) electrons. The zero-order chi connectivity index (χ0) is 23.0. The molecule has 7 nitrogen and oxygen atoms in total. The molecule has 1 atom stereocenters. The quantitative estimate of drug-likeness (QED) is 0.274. The number of fused-ring (bicyclic) bond motifs is 4. The number of benzene rings is 2. The Morgan fingerprint density at radius 1 is 1.09 bits per heavy atom. The zero-order valence-corrected chi connectivity index (χ0v) is 19.7. The van der Waals surface area contributed by atoms with Gasteiger partial charge in [-0.1, -0.05) is 43.3 Å². The highest BCUT2D eigenvalue weighted by atomic mass is 32.3. The van der Waals surface area contributed by atoms with Gasteiger partial charge in [0, 0.05) is 30.1 Å². The van der Waals surface area contributed by atoms with Crippen molar-refractivity contribution in [2.75, 3.05) is 18.0 Å². The minimum absolute atomic E-state index is 0.163. The molecule has 0 bridgehead atoms. The number of hydrogen-bond acceptors (Lipinski definition) is 6. The van der Waals surface area contributed by atoms with Gasteiger partial charge < -0.3 is 15.6 Å². The molecule has 174 valence electrons. The van der Waals surface area contributed by atoms with Crippen LogP contribution in [0.4, 0.5) is 5.82 Å². The molecule has 4 aromatic rings. The van der Waals surface area contributed by atoms with Crippen LogP contribution in [0.5, 0.6) is 0 Å². The molecule has 1 aliphatic rings. The maximum atomic E-state index is 10.4. The van der Waals surface area contributed by atoms with Crippen LogP contribution in [0.2, 0.25) is 0 Å². The number of imidazole rings is 1. The summed E-state index contributed by atoms with van der Waals surface area (Å²) in [4.78, 5) is 10.0. The van der Waals surface area contributed by atoms with Crippen LogP contribution < -0.4 is 11.1 Å². The van der Waals surface area contributed by atoms with Gasteiger partial charge in [-0.15, -0.1) is 0 Å². The SMILES string of the molecule is CCc1nc2c(N)nc3ccccc3c2n1CCCCNC1CCS(O)(O)c2ccccc21. The fraction of sp³-hybridized carbons (Fsp3) is 0.360. The number of aromatic nitrogens is 3. The first-order valence-electron chi connectivity index (χ1n) is 11.6. The number of pyridine rings is 1. The number of hydrogen-bond donors (Lipinski definition) is 4. The Bertz CT molecular complexity index is 1300. The second-order valence-corrected chi connectivity index (χ2v) is 10.8. The van der Waals surface area contributed by atoms with Crippen molar-refractivity contribution in [1.29, 1.82) is 0 Å². The van der Waals surface area contributed by atoms with Crippen molar-refractivity contribution >= 4 is 38.3 Å². The molecule has 0 spiro atoms. The third kappa shape index (κ3) is 4.08. The summed E-state index contributed by atoms with van der Waals surface area (Å²) in [5, 5.41) is 4.72. The lowest BCUT2D eigenvalue weighted by atomic mass is 10.0. The summed E-state index contributed by atoms with van der Waals surface area (Å²) >= 11 is 0. The zero-order valence-electron chi connectivity index (χ0n) is 18.9. The van der Waals surface area contributed by atoms with Gasteiger partial charge >= 0.3 is 0 Å². The number of anilines is 1. The van der Waals surface area contributed by atoms with E-state index in [-0.39, 0.29) is 6.04 Å². The molecule has 3 heterocycles. The minimum atomic E-state index is -2.66. The first kappa shape index (κ1) is 22.2. The number of nitrogen functional groups attached to an aromatic ring is 1. The van der Waals surface area contributed by atoms with Crippen LogP contribution in [0, 0.1) is 0 Å². The highest BCUT2D eigenvalue weighted by Gasteiger charge is 2.29. The van der Waals surface area contributed by atoms with Crippen molar-refractivity contribution in [3.63, 3.8) is 0 Å². The number of nitrogens with two attached hydrogens (primary N) is 1. The predicted octanol–water partition coefficient (Wildman–Crippen LogP) is 5.35. The fourth-order valence-electron chi connectivity index (χ4n) is 4.91. The van der Waals surface area contributed by atoms with Gasteiger partial charge in [0.25, 0.3) is 0 Å². The largest absolute Gasteiger partial charge is 0.382 e. The molecule has 2 aromatic heterocycles. The second kappa shape index (κ2) is 8.95. The van der Waals surface area contributed by atoms with Gasteiger partial charge in [-0.05, 0) is 43.5 Å². The highest BCUT2D eigenvalue weighted by molar-refractivity contribution is 8.24. The molecule has 2 aromatic carbocycles. The lowest BCUT2D eigenvalue weighted by molar-refractivity contribution is 0.437. The van der Waals surface area contributed by atoms with Crippen LogP contribution in [-0.2, 0) is 13.0 Å². The van der Waals surface area contributed by atoms with Crippen LogP contribution in [-0.4, -0.2) is 35.9 Å². The first-order valence-corrected chi connectivity index (χ1v) is 13.3. The molecule has 8 heteroatoms. The summed E-state index contributed by atoms with van der Waals surface area (Å²) < 4.78 is 23.1. The van der Waals surface area contributed by atoms with E-state index in [9.17, 15) is 9.11 Å². The van der Waals surface area contributed by atoms with E-state index in [1.165, 1.54) is 0 Å². The molecule has 0 aliphatic carbocycles. The Hall–Kier alpha value is -2.65. The maximum Gasteiger partial charge on any atom is 0.152 e. The Labute approximate surface area is 195 Å². The lowest BCUT2D eigenvalue weighted by Crippen LogP contribution is -2.29. The van der Waals surface area contributed by atoms with Crippen LogP contribution in [0.15, 0.2) is 53.4 Å². The van der Waals surface area contributed by atoms with E-state index in [1.54, 1.807) is 0 Å². The summed E-state index contributed by atoms with van der Waals surface area (Å²) in [5.74, 6) is 1.94. The maximum absolute atomic E-state index is 10.4. The normalized spacial score (nSPS) is 18.5. The average molecular weight is 466 g/mol. The minimum Gasteiger partial charge on any atom is -0.382 e. The van der Waals surface area contributed by atoms with Crippen molar-refractivity contribution in [3.05, 3.63) is 59.9 Å². The number of unbranched alkanes of at least 4 members (excludes halogenated alkanes) is 1. The van der Waals surface area contributed by atoms with Gasteiger partial charge in [0.05, 0.1) is 15.9 Å². The third-order valence-electron chi connectivity index (χ3n) is 6.54. The third-order valence-corrected chi connectivity index (χ3v) is 8.42. The van der Waals surface area contributed by atoms with Crippen molar-refractivity contribution < 1.29 is 9.11 Å². The van der Waals surface area contributed by atoms with E-state index in [0.29, 0.717) is 16.5 Å². The Morgan fingerprint density at radius 3 is 2.73 bits per heavy atom. The number of aryl methyl sites for hydroxylation is 2. The summed E-state index contributed by atoms with van der Waals surface area (Å²) in [6.45, 7) is 3.86. The van der Waals surface area contributed by atoms with Crippen LogP contribution in [0.1, 0.15) is 43.6 Å². The summed E-state index contributed by atoms with van der Waals surface area (Å²) in [7, 11) is -2.66. The second-order valence-electron chi connectivity index (χ2n) is 8.66. The standard InChI is InChI=1S/C25H31N5O2S/c1-2-22-29-23-24(18-10-3-5-11-20(18)28-25(23)26)30(22)15-8-7-14-27-19-13-16-33(31,32)21-12-6-4-9-17(19)21/h3-6,9-12,19,27,31-32H,2,7-8,13-16H2,1H3,(H2,26,28). The van der Waals surface area contributed by atoms with Crippen LogP contribution >= 0.6 is 10.6 Å². The highest BCUT2D eigenvalue weighted by Crippen LogP contribution is 2.55. The number of para-hydroxylation sites is 1. The number of nitrogens with one attached hydrogen (secondary N) is 1. The van der Waals surface area contributed by atoms with E-state index in [4.69, 9.17) is 10.7 Å². The Kier molecular flexibility index (Phi) is 6.01. The summed E-state index contributed by atoms with van der Waals surface area (Å²) in [6, 6.07) is 16.0. The lowest BCUT2D eigenvalue weighted by Gasteiger charge is -2.41. The van der Waals surface area contributed by atoms with Crippen molar-refractivity contribution in [1.82, 2.24) is 19.9 Å². The molecule has 0 amide bonds. The molecule has 0 fully saturated rings. The summed E-state index contributed by atoms with van der Waals surface area (Å²) in [6.07, 6.45) is 3.59. The van der Waals surface area contributed by atoms with E-state index in [0.717, 1.165) is 72.1 Å². The van der Waals surface area contributed by atoms with Gasteiger partial charge in [-0.3, -0.25) is 9.11 Å². The molecule has 5 N–H and O–H groups in total. The smallest absolute Gasteiger partial charge is 0.152 e. The average Bonchev–Trinajstić information content (AvgIpc) is 3.20. The monoisotopic (exact) mass is 465 g/mol. The van der Waals surface area contributed by atoms with Gasteiger partial charge in [0.15, 0.2) is 5.82 Å². The Balaban J connectivity index is 1.29. The van der Waals surface area contributed by atoms with E-state index in [2.05, 4.69) is 27.9 Å². The van der Waals surface area contributed by atoms with E-state index >= 15 is 0 Å². The number of rotatable bonds is 7. The molecular formula is C25H31N5O2S. The first-order chi connectivity index (χ1) is 16.0. The van der Waals surface area contributed by atoms with Crippen LogP contribution in [0.3, 0.4) is 0 Å². The molecule has 5 rings (SSSR count). The van der Waals surface area contributed by atoms with Gasteiger partial charge in [0.1, 0.15) is 11.3 Å². The summed E-state index contributed by atoms with van der Waals surface area (Å²) in [5.41, 5.74) is 10.0. The van der Waals surface area contributed by atoms with E-state index < -0.39 is 10.6 Å².